The first-order chi connectivity index (χ1) is 12.0. The topological polar surface area (TPSA) is 87.4 Å². The number of aromatic amines is 1. The average molecular weight is 356 g/mol. The van der Waals surface area contributed by atoms with Crippen molar-refractivity contribution in [3.05, 3.63) is 85.5 Å². The summed E-state index contributed by atoms with van der Waals surface area (Å²) in [5.74, 6) is -0.472. The maximum Gasteiger partial charge on any atom is 0.335 e. The molecular formula is C18H14ClN3O3. The van der Waals surface area contributed by atoms with Crippen LogP contribution in [0.1, 0.15) is 11.1 Å². The zero-order chi connectivity index (χ0) is 18.0. The maximum absolute atomic E-state index is 12.2. The van der Waals surface area contributed by atoms with Crippen LogP contribution in [0.2, 0.25) is 5.02 Å². The van der Waals surface area contributed by atoms with Gasteiger partial charge in [-0.2, -0.15) is 0 Å². The van der Waals surface area contributed by atoms with Crippen molar-refractivity contribution in [2.24, 2.45) is 4.99 Å². The van der Waals surface area contributed by atoms with Crippen LogP contribution in [0.15, 0.2) is 63.1 Å². The van der Waals surface area contributed by atoms with Crippen molar-refractivity contribution in [3.8, 4) is 11.6 Å². The molecule has 0 fully saturated rings. The molecule has 0 aliphatic heterocycles. The first kappa shape index (κ1) is 16.7. The summed E-state index contributed by atoms with van der Waals surface area (Å²) < 4.78 is 1.04. The first-order valence-corrected chi connectivity index (χ1v) is 7.79. The highest BCUT2D eigenvalue weighted by atomic mass is 35.5. The minimum Gasteiger partial charge on any atom is -0.493 e. The van der Waals surface area contributed by atoms with E-state index in [1.807, 2.05) is 6.07 Å². The Morgan fingerprint density at radius 3 is 2.48 bits per heavy atom. The van der Waals surface area contributed by atoms with E-state index in [2.05, 4.69) is 9.98 Å². The molecule has 25 heavy (non-hydrogen) atoms. The van der Waals surface area contributed by atoms with E-state index in [1.54, 1.807) is 49.4 Å². The number of aryl methyl sites for hydroxylation is 1. The lowest BCUT2D eigenvalue weighted by atomic mass is 10.2. The minimum atomic E-state index is -0.722. The molecule has 126 valence electrons. The van der Waals surface area contributed by atoms with E-state index in [-0.39, 0.29) is 5.56 Å². The first-order valence-electron chi connectivity index (χ1n) is 7.41. The van der Waals surface area contributed by atoms with Gasteiger partial charge in [0.15, 0.2) is 0 Å². The van der Waals surface area contributed by atoms with Crippen LogP contribution in [0.3, 0.4) is 0 Å². The summed E-state index contributed by atoms with van der Waals surface area (Å²) in [5, 5.41) is 11.0. The molecule has 0 saturated carbocycles. The van der Waals surface area contributed by atoms with Gasteiger partial charge in [-0.25, -0.2) is 9.36 Å². The number of rotatable bonds is 3. The third-order valence-corrected chi connectivity index (χ3v) is 3.90. The highest BCUT2D eigenvalue weighted by Crippen LogP contribution is 2.20. The molecule has 0 saturated heterocycles. The number of halogens is 1. The largest absolute Gasteiger partial charge is 0.493 e. The molecule has 0 amide bonds. The van der Waals surface area contributed by atoms with Crippen molar-refractivity contribution >= 4 is 23.5 Å². The van der Waals surface area contributed by atoms with Gasteiger partial charge in [0.25, 0.3) is 5.56 Å². The quantitative estimate of drug-likeness (QED) is 0.708. The third-order valence-electron chi connectivity index (χ3n) is 3.65. The summed E-state index contributed by atoms with van der Waals surface area (Å²) >= 11 is 5.82. The number of H-pyrrole nitrogens is 1. The van der Waals surface area contributed by atoms with E-state index in [0.29, 0.717) is 16.4 Å². The smallest absolute Gasteiger partial charge is 0.335 e. The second-order valence-electron chi connectivity index (χ2n) is 5.35. The van der Waals surface area contributed by atoms with E-state index >= 15 is 0 Å². The predicted molar refractivity (Wildman–Crippen MR) is 97.8 cm³/mol. The van der Waals surface area contributed by atoms with Gasteiger partial charge in [-0.05, 0) is 42.8 Å². The van der Waals surface area contributed by atoms with Crippen LogP contribution in [-0.4, -0.2) is 20.9 Å². The molecule has 0 atom stereocenters. The SMILES string of the molecule is Cc1ccccc1-n1c(O)c(C=Nc2ccc(Cl)cc2)c(=O)[nH]c1=O. The lowest BCUT2D eigenvalue weighted by Crippen LogP contribution is -2.31. The molecule has 3 rings (SSSR count). The van der Waals surface area contributed by atoms with Gasteiger partial charge in [0, 0.05) is 11.2 Å². The van der Waals surface area contributed by atoms with Crippen molar-refractivity contribution in [2.75, 3.05) is 0 Å². The third kappa shape index (κ3) is 3.39. The molecule has 0 aliphatic carbocycles. The fraction of sp³-hybridized carbons (Fsp3) is 0.0556. The number of aromatic hydroxyl groups is 1. The van der Waals surface area contributed by atoms with Crippen molar-refractivity contribution in [1.29, 1.82) is 0 Å². The molecule has 0 unspecified atom stereocenters. The van der Waals surface area contributed by atoms with Crippen LogP contribution >= 0.6 is 11.6 Å². The predicted octanol–water partition coefficient (Wildman–Crippen LogP) is 2.94. The van der Waals surface area contributed by atoms with Crippen molar-refractivity contribution in [3.63, 3.8) is 0 Å². The normalized spacial score (nSPS) is 11.1. The zero-order valence-corrected chi connectivity index (χ0v) is 14.0. The van der Waals surface area contributed by atoms with Crippen molar-refractivity contribution < 1.29 is 5.11 Å². The van der Waals surface area contributed by atoms with Gasteiger partial charge in [0.1, 0.15) is 5.56 Å². The lowest BCUT2D eigenvalue weighted by molar-refractivity contribution is 0.430. The Labute approximate surface area is 147 Å². The Kier molecular flexibility index (Phi) is 4.54. The van der Waals surface area contributed by atoms with Gasteiger partial charge in [-0.15, -0.1) is 0 Å². The number of hydrogen-bond donors (Lipinski definition) is 2. The fourth-order valence-corrected chi connectivity index (χ4v) is 2.48. The van der Waals surface area contributed by atoms with E-state index in [4.69, 9.17) is 11.6 Å². The minimum absolute atomic E-state index is 0.113. The summed E-state index contributed by atoms with van der Waals surface area (Å²) in [4.78, 5) is 30.6. The highest BCUT2D eigenvalue weighted by molar-refractivity contribution is 6.30. The number of nitrogens with zero attached hydrogens (tertiary/aromatic N) is 2. The molecule has 7 heteroatoms. The van der Waals surface area contributed by atoms with Gasteiger partial charge >= 0.3 is 5.69 Å². The molecule has 2 N–H and O–H groups in total. The highest BCUT2D eigenvalue weighted by Gasteiger charge is 2.15. The van der Waals surface area contributed by atoms with Crippen molar-refractivity contribution in [1.82, 2.24) is 9.55 Å². The number of aromatic nitrogens is 2. The monoisotopic (exact) mass is 355 g/mol. The standard InChI is InChI=1S/C18H14ClN3O3/c1-11-4-2-3-5-15(11)22-17(24)14(16(23)21-18(22)25)10-20-13-8-6-12(19)7-9-13/h2-10,24H,1H3,(H,21,23,25). The summed E-state index contributed by atoms with van der Waals surface area (Å²) in [6.45, 7) is 1.80. The summed E-state index contributed by atoms with van der Waals surface area (Å²) in [6, 6.07) is 13.7. The second kappa shape index (κ2) is 6.78. The van der Waals surface area contributed by atoms with Gasteiger partial charge in [-0.1, -0.05) is 29.8 Å². The molecule has 0 spiro atoms. The van der Waals surface area contributed by atoms with Crippen LogP contribution in [0.4, 0.5) is 5.69 Å². The fourth-order valence-electron chi connectivity index (χ4n) is 2.36. The molecule has 0 bridgehead atoms. The molecule has 3 aromatic rings. The number of nitrogens with one attached hydrogen (secondary N) is 1. The molecule has 0 aliphatic rings. The molecule has 1 aromatic heterocycles. The van der Waals surface area contributed by atoms with Gasteiger partial charge < -0.3 is 5.11 Å². The van der Waals surface area contributed by atoms with Gasteiger partial charge in [0.05, 0.1) is 11.4 Å². The van der Waals surface area contributed by atoms with Crippen LogP contribution in [0.5, 0.6) is 5.88 Å². The summed E-state index contributed by atoms with van der Waals surface area (Å²) in [5.41, 5.74) is 0.245. The maximum atomic E-state index is 12.2. The van der Waals surface area contributed by atoms with Gasteiger partial charge in [0.2, 0.25) is 5.88 Å². The number of hydrogen-bond acceptors (Lipinski definition) is 4. The second-order valence-corrected chi connectivity index (χ2v) is 5.79. The number of para-hydroxylation sites is 1. The van der Waals surface area contributed by atoms with E-state index < -0.39 is 17.1 Å². The van der Waals surface area contributed by atoms with Crippen LogP contribution < -0.4 is 11.2 Å². The molecule has 6 nitrogen and oxygen atoms in total. The molecule has 1 heterocycles. The van der Waals surface area contributed by atoms with E-state index in [0.717, 1.165) is 10.1 Å². The summed E-state index contributed by atoms with van der Waals surface area (Å²) in [7, 11) is 0. The average Bonchev–Trinajstić information content (AvgIpc) is 2.57. The zero-order valence-electron chi connectivity index (χ0n) is 13.2. The molecule has 0 radical (unpaired) electrons. The Hall–Kier alpha value is -3.12. The Morgan fingerprint density at radius 2 is 1.80 bits per heavy atom. The summed E-state index contributed by atoms with van der Waals surface area (Å²) in [6.07, 6.45) is 1.21. The molecule has 2 aromatic carbocycles. The Morgan fingerprint density at radius 1 is 1.12 bits per heavy atom. The van der Waals surface area contributed by atoms with Crippen LogP contribution in [-0.2, 0) is 0 Å². The van der Waals surface area contributed by atoms with E-state index in [1.165, 1.54) is 6.21 Å². The molecular weight excluding hydrogens is 342 g/mol. The van der Waals surface area contributed by atoms with Gasteiger partial charge in [-0.3, -0.25) is 14.8 Å². The van der Waals surface area contributed by atoms with Crippen LogP contribution in [0, 0.1) is 6.92 Å². The lowest BCUT2D eigenvalue weighted by Gasteiger charge is -2.11. The van der Waals surface area contributed by atoms with Crippen LogP contribution in [0.25, 0.3) is 5.69 Å². The number of benzene rings is 2. The number of aliphatic imine (C=N–C) groups is 1. The van der Waals surface area contributed by atoms with Crippen molar-refractivity contribution in [2.45, 2.75) is 6.92 Å². The van der Waals surface area contributed by atoms with E-state index in [9.17, 15) is 14.7 Å². The Balaban J connectivity index is 2.14. The Bertz CT molecular complexity index is 1070.